The molecule has 6 heteroatoms. The third kappa shape index (κ3) is 3.03. The minimum absolute atomic E-state index is 0.0576. The third-order valence-corrected chi connectivity index (χ3v) is 2.80. The van der Waals surface area contributed by atoms with Crippen LogP contribution in [0, 0.1) is 0 Å². The van der Waals surface area contributed by atoms with Crippen molar-refractivity contribution in [2.24, 2.45) is 0 Å². The number of ketones is 1. The van der Waals surface area contributed by atoms with Gasteiger partial charge in [-0.2, -0.15) is 0 Å². The summed E-state index contributed by atoms with van der Waals surface area (Å²) in [7, 11) is 1.48. The second-order valence-corrected chi connectivity index (χ2v) is 4.10. The van der Waals surface area contributed by atoms with E-state index < -0.39 is 11.8 Å². The van der Waals surface area contributed by atoms with E-state index >= 15 is 0 Å². The normalized spacial score (nSPS) is 18.1. The zero-order chi connectivity index (χ0) is 13.8. The molecule has 1 unspecified atom stereocenters. The summed E-state index contributed by atoms with van der Waals surface area (Å²) in [6.07, 6.45) is 0.643. The molecule has 1 fully saturated rings. The largest absolute Gasteiger partial charge is 0.493 e. The molecule has 1 saturated heterocycles. The van der Waals surface area contributed by atoms with Crippen molar-refractivity contribution in [1.82, 2.24) is 0 Å². The molecule has 1 aromatic carbocycles. The Kier molecular flexibility index (Phi) is 4.01. The Morgan fingerprint density at radius 3 is 2.74 bits per heavy atom. The third-order valence-electron chi connectivity index (χ3n) is 2.80. The first kappa shape index (κ1) is 13.4. The quantitative estimate of drug-likeness (QED) is 0.635. The van der Waals surface area contributed by atoms with Crippen LogP contribution in [0.15, 0.2) is 18.2 Å². The molecule has 1 aliphatic rings. The molecule has 0 radical (unpaired) electrons. The van der Waals surface area contributed by atoms with Gasteiger partial charge in [-0.15, -0.1) is 0 Å². The number of rotatable bonds is 5. The van der Waals surface area contributed by atoms with Gasteiger partial charge in [-0.05, 0) is 18.2 Å². The number of carboxylic acid groups (broad SMARTS) is 1. The first-order valence-corrected chi connectivity index (χ1v) is 5.82. The van der Waals surface area contributed by atoms with E-state index in [1.807, 2.05) is 0 Å². The van der Waals surface area contributed by atoms with Crippen LogP contribution in [-0.2, 0) is 9.53 Å². The number of Topliss-reactive ketones (excluding diaryl/α,β-unsaturated/α-hetero) is 1. The molecular formula is C13H14O6. The van der Waals surface area contributed by atoms with Crippen molar-refractivity contribution in [2.75, 3.05) is 20.3 Å². The Morgan fingerprint density at radius 1 is 1.37 bits per heavy atom. The van der Waals surface area contributed by atoms with Crippen LogP contribution in [0.1, 0.15) is 16.8 Å². The van der Waals surface area contributed by atoms with Crippen LogP contribution in [0.3, 0.4) is 0 Å². The lowest BCUT2D eigenvalue weighted by Crippen LogP contribution is -2.17. The summed E-state index contributed by atoms with van der Waals surface area (Å²) in [5.41, 5.74) is 0.0576. The van der Waals surface area contributed by atoms with Crippen molar-refractivity contribution in [3.8, 4) is 11.5 Å². The van der Waals surface area contributed by atoms with Gasteiger partial charge in [-0.1, -0.05) is 0 Å². The second kappa shape index (κ2) is 5.71. The Balaban J connectivity index is 2.25. The Hall–Kier alpha value is -2.08. The van der Waals surface area contributed by atoms with Crippen molar-refractivity contribution in [3.63, 3.8) is 0 Å². The number of benzene rings is 1. The topological polar surface area (TPSA) is 82.1 Å². The first-order chi connectivity index (χ1) is 9.11. The number of ether oxygens (including phenoxy) is 3. The Bertz CT molecular complexity index is 490. The monoisotopic (exact) mass is 266 g/mol. The van der Waals surface area contributed by atoms with Gasteiger partial charge >= 0.3 is 5.97 Å². The zero-order valence-corrected chi connectivity index (χ0v) is 10.4. The van der Waals surface area contributed by atoms with Gasteiger partial charge in [0.25, 0.3) is 5.78 Å². The maximum absolute atomic E-state index is 11.4. The van der Waals surface area contributed by atoms with Crippen LogP contribution >= 0.6 is 0 Å². The average molecular weight is 266 g/mol. The summed E-state index contributed by atoms with van der Waals surface area (Å²) in [6.45, 7) is 1.10. The van der Waals surface area contributed by atoms with E-state index in [0.717, 1.165) is 6.42 Å². The van der Waals surface area contributed by atoms with Crippen molar-refractivity contribution >= 4 is 11.8 Å². The number of carbonyl (C=O) groups is 2. The number of hydrogen-bond acceptors (Lipinski definition) is 5. The Labute approximate surface area is 109 Å². The summed E-state index contributed by atoms with van der Waals surface area (Å²) in [6, 6.07) is 4.29. The fourth-order valence-electron chi connectivity index (χ4n) is 1.82. The maximum Gasteiger partial charge on any atom is 0.377 e. The minimum atomic E-state index is -1.50. The Morgan fingerprint density at radius 2 is 2.16 bits per heavy atom. The molecule has 102 valence electrons. The van der Waals surface area contributed by atoms with E-state index in [2.05, 4.69) is 0 Å². The number of methoxy groups -OCH3 is 1. The van der Waals surface area contributed by atoms with Crippen LogP contribution < -0.4 is 9.47 Å². The molecule has 1 aliphatic heterocycles. The maximum atomic E-state index is 11.4. The number of carboxylic acids is 1. The fourth-order valence-corrected chi connectivity index (χ4v) is 1.82. The lowest BCUT2D eigenvalue weighted by Gasteiger charge is -2.15. The molecular weight excluding hydrogens is 252 g/mol. The fraction of sp³-hybridized carbons (Fsp3) is 0.385. The van der Waals surface area contributed by atoms with E-state index in [1.165, 1.54) is 25.3 Å². The molecule has 1 aromatic rings. The van der Waals surface area contributed by atoms with Crippen LogP contribution in [0.25, 0.3) is 0 Å². The minimum Gasteiger partial charge on any atom is -0.493 e. The highest BCUT2D eigenvalue weighted by molar-refractivity contribution is 6.39. The van der Waals surface area contributed by atoms with E-state index in [9.17, 15) is 9.59 Å². The molecule has 1 atom stereocenters. The molecule has 6 nitrogen and oxygen atoms in total. The van der Waals surface area contributed by atoms with E-state index in [1.54, 1.807) is 0 Å². The van der Waals surface area contributed by atoms with Gasteiger partial charge in [0.2, 0.25) is 0 Å². The van der Waals surface area contributed by atoms with Gasteiger partial charge in [0, 0.05) is 12.0 Å². The highest BCUT2D eigenvalue weighted by Crippen LogP contribution is 2.30. The van der Waals surface area contributed by atoms with Crippen molar-refractivity contribution < 1.29 is 28.9 Å². The van der Waals surface area contributed by atoms with Crippen molar-refractivity contribution in [1.29, 1.82) is 0 Å². The van der Waals surface area contributed by atoms with Crippen LogP contribution in [0.4, 0.5) is 0 Å². The lowest BCUT2D eigenvalue weighted by atomic mass is 10.1. The van der Waals surface area contributed by atoms with E-state index in [-0.39, 0.29) is 11.7 Å². The molecule has 0 saturated carbocycles. The van der Waals surface area contributed by atoms with Crippen molar-refractivity contribution in [2.45, 2.75) is 12.5 Å². The summed E-state index contributed by atoms with van der Waals surface area (Å²) in [5, 5.41) is 8.70. The SMILES string of the molecule is COc1ccc(C(=O)C(=O)O)cc1OC1CCOC1. The van der Waals surface area contributed by atoms with Crippen LogP contribution in [0.2, 0.25) is 0 Å². The predicted octanol–water partition coefficient (Wildman–Crippen LogP) is 1.13. The average Bonchev–Trinajstić information content (AvgIpc) is 2.90. The number of carbonyl (C=O) groups excluding carboxylic acids is 1. The standard InChI is InChI=1S/C13H14O6/c1-17-10-3-2-8(12(14)13(15)16)6-11(10)19-9-4-5-18-7-9/h2-3,6,9H,4-5,7H2,1H3,(H,15,16). The second-order valence-electron chi connectivity index (χ2n) is 4.10. The van der Waals surface area contributed by atoms with Gasteiger partial charge in [-0.3, -0.25) is 4.79 Å². The van der Waals surface area contributed by atoms with Crippen molar-refractivity contribution in [3.05, 3.63) is 23.8 Å². The number of aliphatic carboxylic acids is 1. The first-order valence-electron chi connectivity index (χ1n) is 5.82. The van der Waals surface area contributed by atoms with Gasteiger partial charge in [0.05, 0.1) is 20.3 Å². The van der Waals surface area contributed by atoms with Crippen LogP contribution in [-0.4, -0.2) is 43.3 Å². The summed E-state index contributed by atoms with van der Waals surface area (Å²) in [4.78, 5) is 22.1. The van der Waals surface area contributed by atoms with Gasteiger partial charge in [-0.25, -0.2) is 4.79 Å². The highest BCUT2D eigenvalue weighted by atomic mass is 16.6. The van der Waals surface area contributed by atoms with E-state index in [4.69, 9.17) is 19.3 Å². The summed E-state index contributed by atoms with van der Waals surface area (Å²) < 4.78 is 16.0. The van der Waals surface area contributed by atoms with E-state index in [0.29, 0.717) is 24.7 Å². The van der Waals surface area contributed by atoms with Gasteiger partial charge < -0.3 is 19.3 Å². The molecule has 0 amide bonds. The molecule has 0 aliphatic carbocycles. The van der Waals surface area contributed by atoms with Gasteiger partial charge in [0.15, 0.2) is 11.5 Å². The summed E-state index contributed by atoms with van der Waals surface area (Å²) in [5.74, 6) is -1.67. The molecule has 2 rings (SSSR count). The molecule has 1 N–H and O–H groups in total. The zero-order valence-electron chi connectivity index (χ0n) is 10.4. The highest BCUT2D eigenvalue weighted by Gasteiger charge is 2.21. The number of hydrogen-bond donors (Lipinski definition) is 1. The van der Waals surface area contributed by atoms with Gasteiger partial charge in [0.1, 0.15) is 6.10 Å². The molecule has 0 aromatic heterocycles. The molecule has 19 heavy (non-hydrogen) atoms. The molecule has 0 spiro atoms. The smallest absolute Gasteiger partial charge is 0.377 e. The summed E-state index contributed by atoms with van der Waals surface area (Å²) >= 11 is 0. The molecule has 0 bridgehead atoms. The van der Waals surface area contributed by atoms with Crippen LogP contribution in [0.5, 0.6) is 11.5 Å². The predicted molar refractivity (Wildman–Crippen MR) is 64.8 cm³/mol. The molecule has 1 heterocycles. The lowest BCUT2D eigenvalue weighted by molar-refractivity contribution is -0.131.